The summed E-state index contributed by atoms with van der Waals surface area (Å²) in [6.07, 6.45) is -1.40. The Morgan fingerprint density at radius 1 is 1.07 bits per heavy atom. The molecule has 4 N–H and O–H groups in total. The highest BCUT2D eigenvalue weighted by atomic mass is 32.2. The Labute approximate surface area is 167 Å². The quantitative estimate of drug-likeness (QED) is 0.487. The van der Waals surface area contributed by atoms with E-state index in [1.54, 1.807) is 19.9 Å². The molecule has 0 spiro atoms. The maximum atomic E-state index is 14.4. The van der Waals surface area contributed by atoms with Crippen molar-refractivity contribution in [2.24, 2.45) is 0 Å². The van der Waals surface area contributed by atoms with Gasteiger partial charge < -0.3 is 15.5 Å². The Hall–Kier alpha value is -2.30. The molecule has 2 unspecified atom stereocenters. The van der Waals surface area contributed by atoms with Gasteiger partial charge in [-0.25, -0.2) is 21.6 Å². The van der Waals surface area contributed by atoms with E-state index in [0.29, 0.717) is 5.56 Å². The lowest BCUT2D eigenvalue weighted by atomic mass is 10.2. The van der Waals surface area contributed by atoms with Crippen LogP contribution in [0.15, 0.2) is 30.3 Å². The Morgan fingerprint density at radius 2 is 1.72 bits per heavy atom. The highest BCUT2D eigenvalue weighted by Gasteiger charge is 2.28. The van der Waals surface area contributed by atoms with E-state index in [-0.39, 0.29) is 24.2 Å². The second-order valence-corrected chi connectivity index (χ2v) is 8.60. The fraction of sp³-hybridized carbons (Fsp3) is 0.368. The van der Waals surface area contributed by atoms with Crippen LogP contribution >= 0.6 is 0 Å². The first kappa shape index (κ1) is 23.0. The number of anilines is 3. The van der Waals surface area contributed by atoms with E-state index in [4.69, 9.17) is 5.11 Å². The summed E-state index contributed by atoms with van der Waals surface area (Å²) < 4.78 is 69.8. The van der Waals surface area contributed by atoms with Gasteiger partial charge in [0.1, 0.15) is 11.5 Å². The Balaban J connectivity index is 2.41. The maximum absolute atomic E-state index is 14.4. The largest absolute Gasteiger partial charge is 0.394 e. The third kappa shape index (κ3) is 5.62. The maximum Gasteiger partial charge on any atom is 0.235 e. The van der Waals surface area contributed by atoms with E-state index >= 15 is 0 Å². The van der Waals surface area contributed by atoms with Crippen molar-refractivity contribution in [1.82, 2.24) is 0 Å². The zero-order valence-corrected chi connectivity index (χ0v) is 16.7. The predicted molar refractivity (Wildman–Crippen MR) is 105 cm³/mol. The zero-order valence-electron chi connectivity index (χ0n) is 15.9. The Bertz CT molecular complexity index is 970. The van der Waals surface area contributed by atoms with Crippen LogP contribution in [0.1, 0.15) is 25.3 Å². The molecule has 0 aliphatic carbocycles. The van der Waals surface area contributed by atoms with Gasteiger partial charge in [0, 0.05) is 0 Å². The highest BCUT2D eigenvalue weighted by Crippen LogP contribution is 2.33. The lowest BCUT2D eigenvalue weighted by molar-refractivity contribution is 0.0871. The molecule has 0 bridgehead atoms. The lowest BCUT2D eigenvalue weighted by Gasteiger charge is -2.21. The minimum absolute atomic E-state index is 0.103. The third-order valence-corrected chi connectivity index (χ3v) is 6.28. The fourth-order valence-electron chi connectivity index (χ4n) is 2.74. The number of sulfonamides is 1. The summed E-state index contributed by atoms with van der Waals surface area (Å²) >= 11 is 0. The fourth-order valence-corrected chi connectivity index (χ4v) is 4.30. The van der Waals surface area contributed by atoms with Gasteiger partial charge in [-0.2, -0.15) is 0 Å². The van der Waals surface area contributed by atoms with Crippen molar-refractivity contribution in [1.29, 1.82) is 0 Å². The molecule has 29 heavy (non-hydrogen) atoms. The van der Waals surface area contributed by atoms with Crippen LogP contribution in [0.3, 0.4) is 0 Å². The molecule has 2 rings (SSSR count). The van der Waals surface area contributed by atoms with Crippen LogP contribution in [0.2, 0.25) is 0 Å². The number of hydrogen-bond donors (Lipinski definition) is 4. The van der Waals surface area contributed by atoms with Crippen molar-refractivity contribution >= 4 is 27.1 Å². The predicted octanol–water partition coefficient (Wildman–Crippen LogP) is 3.42. The summed E-state index contributed by atoms with van der Waals surface area (Å²) in [6, 6.07) is 5.81. The molecular formula is C19H23F3N2O4S. The average Bonchev–Trinajstić information content (AvgIpc) is 2.66. The molecule has 0 radical (unpaired) electrons. The molecule has 0 aliphatic rings. The van der Waals surface area contributed by atoms with Gasteiger partial charge in [0.2, 0.25) is 10.0 Å². The number of aliphatic hydroxyl groups is 2. The van der Waals surface area contributed by atoms with Gasteiger partial charge in [-0.3, -0.25) is 4.72 Å². The SMILES string of the molecule is CCC(CC(O)CO)S(=O)(=O)Nc1ccc(F)c(F)c1Nc1ccc(C)cc1F. The summed E-state index contributed by atoms with van der Waals surface area (Å²) in [6.45, 7) is 2.61. The number of benzene rings is 2. The van der Waals surface area contributed by atoms with Crippen molar-refractivity contribution in [3.63, 3.8) is 0 Å². The summed E-state index contributed by atoms with van der Waals surface area (Å²) in [5.41, 5.74) is -0.445. The van der Waals surface area contributed by atoms with Crippen LogP contribution in [0.4, 0.5) is 30.2 Å². The minimum Gasteiger partial charge on any atom is -0.394 e. The average molecular weight is 432 g/mol. The first-order valence-electron chi connectivity index (χ1n) is 8.90. The van der Waals surface area contributed by atoms with Crippen LogP contribution in [0, 0.1) is 24.4 Å². The minimum atomic E-state index is -4.14. The van der Waals surface area contributed by atoms with Gasteiger partial charge in [0.25, 0.3) is 0 Å². The second-order valence-electron chi connectivity index (χ2n) is 6.64. The molecule has 0 heterocycles. The van der Waals surface area contributed by atoms with Gasteiger partial charge in [0.15, 0.2) is 11.6 Å². The van der Waals surface area contributed by atoms with Crippen molar-refractivity contribution in [2.75, 3.05) is 16.6 Å². The normalized spacial score (nSPS) is 13.8. The first-order valence-corrected chi connectivity index (χ1v) is 10.4. The van der Waals surface area contributed by atoms with Crippen molar-refractivity contribution < 1.29 is 31.8 Å². The van der Waals surface area contributed by atoms with Gasteiger partial charge in [-0.1, -0.05) is 13.0 Å². The van der Waals surface area contributed by atoms with Crippen LogP contribution in [-0.2, 0) is 10.0 Å². The number of aliphatic hydroxyl groups excluding tert-OH is 2. The number of aryl methyl sites for hydroxylation is 1. The van der Waals surface area contributed by atoms with E-state index in [0.717, 1.165) is 12.1 Å². The van der Waals surface area contributed by atoms with E-state index in [1.807, 2.05) is 0 Å². The van der Waals surface area contributed by atoms with E-state index < -0.39 is 51.1 Å². The van der Waals surface area contributed by atoms with Crippen molar-refractivity contribution in [3.05, 3.63) is 53.3 Å². The molecule has 2 aromatic rings. The van der Waals surface area contributed by atoms with Gasteiger partial charge in [-0.15, -0.1) is 0 Å². The third-order valence-electron chi connectivity index (χ3n) is 4.37. The topological polar surface area (TPSA) is 98.7 Å². The molecule has 0 saturated heterocycles. The smallest absolute Gasteiger partial charge is 0.235 e. The molecule has 160 valence electrons. The Kier molecular flexibility index (Phi) is 7.50. The number of halogens is 3. The molecule has 0 aromatic heterocycles. The summed E-state index contributed by atoms with van der Waals surface area (Å²) in [5, 5.41) is 19.8. The summed E-state index contributed by atoms with van der Waals surface area (Å²) in [5.74, 6) is -3.35. The molecule has 2 atom stereocenters. The molecule has 0 saturated carbocycles. The van der Waals surface area contributed by atoms with Gasteiger partial charge in [-0.05, 0) is 49.6 Å². The van der Waals surface area contributed by atoms with Crippen LogP contribution in [0.25, 0.3) is 0 Å². The zero-order chi connectivity index (χ0) is 21.8. The van der Waals surface area contributed by atoms with Crippen LogP contribution in [-0.4, -0.2) is 36.6 Å². The highest BCUT2D eigenvalue weighted by molar-refractivity contribution is 7.93. The lowest BCUT2D eigenvalue weighted by Crippen LogP contribution is -2.32. The number of nitrogens with one attached hydrogen (secondary N) is 2. The monoisotopic (exact) mass is 432 g/mol. The van der Waals surface area contributed by atoms with Gasteiger partial charge in [0.05, 0.1) is 29.3 Å². The van der Waals surface area contributed by atoms with Crippen LogP contribution in [0.5, 0.6) is 0 Å². The molecule has 6 nitrogen and oxygen atoms in total. The van der Waals surface area contributed by atoms with Crippen molar-refractivity contribution in [2.45, 2.75) is 38.0 Å². The number of hydrogen-bond acceptors (Lipinski definition) is 5. The molecule has 0 aliphatic heterocycles. The van der Waals surface area contributed by atoms with Crippen molar-refractivity contribution in [3.8, 4) is 0 Å². The van der Waals surface area contributed by atoms with E-state index in [1.165, 1.54) is 12.1 Å². The molecular weight excluding hydrogens is 409 g/mol. The Morgan fingerprint density at radius 3 is 2.31 bits per heavy atom. The first-order chi connectivity index (χ1) is 13.6. The summed E-state index contributed by atoms with van der Waals surface area (Å²) in [4.78, 5) is 0. The van der Waals surface area contributed by atoms with E-state index in [9.17, 15) is 26.7 Å². The second kappa shape index (κ2) is 9.47. The number of rotatable bonds is 9. The molecule has 2 aromatic carbocycles. The molecule has 0 amide bonds. The summed E-state index contributed by atoms with van der Waals surface area (Å²) in [7, 11) is -4.14. The standard InChI is InChI=1S/C19H23F3N2O4S/c1-3-13(9-12(26)10-25)29(27,28)24-17-7-5-14(20)18(22)19(17)23-16-6-4-11(2)8-15(16)21/h4-8,12-13,23-26H,3,9-10H2,1-2H3. The molecule has 0 fully saturated rings. The van der Waals surface area contributed by atoms with Gasteiger partial charge >= 0.3 is 0 Å². The van der Waals surface area contributed by atoms with E-state index in [2.05, 4.69) is 10.0 Å². The van der Waals surface area contributed by atoms with Crippen LogP contribution < -0.4 is 10.0 Å². The molecule has 10 heteroatoms.